The van der Waals surface area contributed by atoms with Crippen molar-refractivity contribution in [2.45, 2.75) is 172 Å². The summed E-state index contributed by atoms with van der Waals surface area (Å²) >= 11 is 0. The summed E-state index contributed by atoms with van der Waals surface area (Å²) in [5, 5.41) is 19.1. The number of rotatable bonds is 37. The van der Waals surface area contributed by atoms with Crippen molar-refractivity contribution in [3.8, 4) is 0 Å². The standard InChI is InChI=1S/C41H77N2O16PS/c1-34(45)57-39-25-24-38-37(22-18-14-13-15-19-23-40(47)54-32-36(46)33-56-60(48,49)55-29-27-43(2,3)4)58-41(39,59-38)26-20-16-11-9-7-5-6-8-10-12-17-21-28-53-31-35(30-44)42-61(50,51)52/h19,23,35-39,42,44,46H,5-18,20-22,24-33H2,1-4H3,(H-,48,49,50,51,52)/p+1/b23-19+/t35?,36?,37-,38+,39+,41+/m1/s1. The van der Waals surface area contributed by atoms with E-state index < -0.39 is 68.0 Å². The predicted octanol–water partition coefficient (Wildman–Crippen LogP) is 5.28. The molecule has 20 heteroatoms. The molecule has 0 aromatic rings. The third kappa shape index (κ3) is 26.7. The van der Waals surface area contributed by atoms with Gasteiger partial charge in [0.15, 0.2) is 6.10 Å². The van der Waals surface area contributed by atoms with E-state index in [1.165, 1.54) is 45.1 Å². The fourth-order valence-electron chi connectivity index (χ4n) is 7.29. The number of carbonyl (C=O) groups excluding carboxylic acids is 2. The normalized spacial score (nSPS) is 22.6. The van der Waals surface area contributed by atoms with Crippen LogP contribution in [0.3, 0.4) is 0 Å². The molecule has 358 valence electrons. The largest absolute Gasteiger partial charge is 0.472 e. The van der Waals surface area contributed by atoms with E-state index in [1.54, 1.807) is 6.08 Å². The molecule has 2 aliphatic rings. The van der Waals surface area contributed by atoms with Crippen molar-refractivity contribution in [3.05, 3.63) is 12.2 Å². The van der Waals surface area contributed by atoms with Crippen molar-refractivity contribution in [3.63, 3.8) is 0 Å². The van der Waals surface area contributed by atoms with Crippen LogP contribution in [-0.4, -0.2) is 148 Å². The second-order valence-electron chi connectivity index (χ2n) is 17.3. The van der Waals surface area contributed by atoms with E-state index in [-0.39, 0.29) is 31.4 Å². The number of carbonyl (C=O) groups is 2. The van der Waals surface area contributed by atoms with Gasteiger partial charge in [0.1, 0.15) is 25.9 Å². The Hall–Kier alpha value is -1.58. The van der Waals surface area contributed by atoms with Crippen LogP contribution in [-0.2, 0) is 57.2 Å². The molecule has 18 nitrogen and oxygen atoms in total. The third-order valence-electron chi connectivity index (χ3n) is 10.5. The third-order valence-corrected chi connectivity index (χ3v) is 12.1. The highest BCUT2D eigenvalue weighted by molar-refractivity contribution is 7.83. The van der Waals surface area contributed by atoms with Crippen molar-refractivity contribution in [2.24, 2.45) is 0 Å². The van der Waals surface area contributed by atoms with E-state index in [2.05, 4.69) is 0 Å². The number of hydrogen-bond donors (Lipinski definition) is 5. The van der Waals surface area contributed by atoms with Crippen LogP contribution in [0.5, 0.6) is 0 Å². The maximum atomic E-state index is 12.1. The monoisotopic (exact) mass is 917 g/mol. The van der Waals surface area contributed by atoms with Gasteiger partial charge in [0, 0.05) is 26.0 Å². The Morgan fingerprint density at radius 2 is 1.49 bits per heavy atom. The van der Waals surface area contributed by atoms with E-state index in [0.29, 0.717) is 30.5 Å². The van der Waals surface area contributed by atoms with Gasteiger partial charge in [0.2, 0.25) is 5.79 Å². The average Bonchev–Trinajstić information content (AvgIpc) is 3.46. The summed E-state index contributed by atoms with van der Waals surface area (Å²) in [5.41, 5.74) is 0. The van der Waals surface area contributed by atoms with Crippen LogP contribution in [0.1, 0.15) is 135 Å². The number of aliphatic hydroxyl groups excluding tert-OH is 2. The summed E-state index contributed by atoms with van der Waals surface area (Å²) in [6, 6.07) is -0.856. The van der Waals surface area contributed by atoms with Gasteiger partial charge in [-0.1, -0.05) is 83.1 Å². The lowest BCUT2D eigenvalue weighted by molar-refractivity contribution is -0.870. The van der Waals surface area contributed by atoms with E-state index in [4.69, 9.17) is 42.4 Å². The van der Waals surface area contributed by atoms with Crippen LogP contribution in [0.2, 0.25) is 0 Å². The lowest BCUT2D eigenvalue weighted by atomic mass is 9.93. The first kappa shape index (κ1) is 55.6. The number of unbranched alkanes of at least 4 members (excludes halogenated alkanes) is 14. The molecule has 61 heavy (non-hydrogen) atoms. The minimum Gasteiger partial charge on any atom is -0.460 e. The summed E-state index contributed by atoms with van der Waals surface area (Å²) in [7, 11) is -2.96. The number of fused-ring (bicyclic) bond motifs is 2. The molecule has 0 amide bonds. The van der Waals surface area contributed by atoms with Crippen LogP contribution < -0.4 is 4.72 Å². The minimum atomic E-state index is -4.37. The molecule has 3 unspecified atom stereocenters. The highest BCUT2D eigenvalue weighted by atomic mass is 32.2. The van der Waals surface area contributed by atoms with Crippen LogP contribution in [0.4, 0.5) is 0 Å². The van der Waals surface area contributed by atoms with Gasteiger partial charge >= 0.3 is 30.1 Å². The molecular weight excluding hydrogens is 839 g/mol. The number of aliphatic hydroxyl groups is 2. The van der Waals surface area contributed by atoms with Crippen LogP contribution in [0, 0.1) is 0 Å². The van der Waals surface area contributed by atoms with Gasteiger partial charge in [-0.05, 0) is 44.9 Å². The number of quaternary nitrogens is 1. The molecule has 2 rings (SSSR count). The highest BCUT2D eigenvalue weighted by Gasteiger charge is 2.56. The molecule has 2 saturated heterocycles. The molecule has 0 aromatic carbocycles. The Labute approximate surface area is 364 Å². The number of nitrogens with one attached hydrogen (secondary N) is 1. The smallest absolute Gasteiger partial charge is 0.460 e. The lowest BCUT2D eigenvalue weighted by Crippen LogP contribution is -2.49. The number of phosphoric ester groups is 1. The van der Waals surface area contributed by atoms with Gasteiger partial charge < -0.3 is 43.3 Å². The summed E-state index contributed by atoms with van der Waals surface area (Å²) < 4.78 is 83.8. The highest BCUT2D eigenvalue weighted by Crippen LogP contribution is 2.46. The average molecular weight is 918 g/mol. The van der Waals surface area contributed by atoms with Crippen LogP contribution >= 0.6 is 7.82 Å². The zero-order valence-electron chi connectivity index (χ0n) is 37.1. The van der Waals surface area contributed by atoms with E-state index >= 15 is 0 Å². The molecule has 0 spiro atoms. The zero-order valence-corrected chi connectivity index (χ0v) is 38.8. The Morgan fingerprint density at radius 3 is 2.10 bits per heavy atom. The Kier molecular flexibility index (Phi) is 27.1. The number of phosphoric acid groups is 1. The topological polar surface area (TPSA) is 243 Å². The minimum absolute atomic E-state index is 0.00759. The van der Waals surface area contributed by atoms with Crippen LogP contribution in [0.15, 0.2) is 12.2 Å². The van der Waals surface area contributed by atoms with Gasteiger partial charge in [-0.3, -0.25) is 18.4 Å². The number of likely N-dealkylation sites (N-methyl/N-ethyl adjacent to an activating group) is 1. The first-order chi connectivity index (χ1) is 28.8. The number of nitrogens with zero attached hydrogens (tertiary/aromatic N) is 1. The number of hydrogen-bond acceptors (Lipinski definition) is 14. The van der Waals surface area contributed by atoms with Crippen molar-refractivity contribution in [1.82, 2.24) is 4.72 Å². The second-order valence-corrected chi connectivity index (χ2v) is 19.9. The van der Waals surface area contributed by atoms with Crippen LogP contribution in [0.25, 0.3) is 0 Å². The summed E-state index contributed by atoms with van der Waals surface area (Å²) in [4.78, 5) is 33.8. The van der Waals surface area contributed by atoms with E-state index in [9.17, 15) is 32.6 Å². The number of allylic oxidation sites excluding steroid dienone is 1. The van der Waals surface area contributed by atoms with Gasteiger partial charge in [0.05, 0.1) is 59.2 Å². The molecule has 0 saturated carbocycles. The molecule has 2 bridgehead atoms. The van der Waals surface area contributed by atoms with E-state index in [1.807, 2.05) is 25.9 Å². The molecular formula is C41H78N2O16PS+. The lowest BCUT2D eigenvalue weighted by Gasteiger charge is -2.38. The maximum Gasteiger partial charge on any atom is 0.472 e. The number of esters is 2. The summed E-state index contributed by atoms with van der Waals surface area (Å²) in [6.07, 6.45) is 20.8. The van der Waals surface area contributed by atoms with Gasteiger partial charge in [0.25, 0.3) is 0 Å². The first-order valence-electron chi connectivity index (χ1n) is 22.2. The molecule has 0 radical (unpaired) electrons. The van der Waals surface area contributed by atoms with Crippen molar-refractivity contribution in [1.29, 1.82) is 0 Å². The fourth-order valence-corrected chi connectivity index (χ4v) is 8.60. The van der Waals surface area contributed by atoms with Crippen molar-refractivity contribution < 1.29 is 79.4 Å². The summed E-state index contributed by atoms with van der Waals surface area (Å²) in [6.45, 7) is 1.04. The molecule has 2 fully saturated rings. The summed E-state index contributed by atoms with van der Waals surface area (Å²) in [5.74, 6) is -1.86. The quantitative estimate of drug-likeness (QED) is 0.0133. The SMILES string of the molecule is CC(=O)O[C@H]1CC[C@@H]2O[C@]1(CCCCCCCCCCCCCCOCC(CO)NS(=O)(=O)O)O[C@@H]2CCCCC/C=C/C(=O)OCC(O)COP(=O)(O)OCC[N+](C)(C)C. The predicted molar refractivity (Wildman–Crippen MR) is 227 cm³/mol. The Bertz CT molecular complexity index is 1420. The van der Waals surface area contributed by atoms with Gasteiger partial charge in [-0.15, -0.1) is 0 Å². The maximum absolute atomic E-state index is 12.1. The molecule has 2 heterocycles. The van der Waals surface area contributed by atoms with Crippen molar-refractivity contribution >= 4 is 30.1 Å². The molecule has 5 N–H and O–H groups in total. The van der Waals surface area contributed by atoms with Gasteiger partial charge in [-0.2, -0.15) is 13.1 Å². The Morgan fingerprint density at radius 1 is 0.869 bits per heavy atom. The molecule has 7 atom stereocenters. The molecule has 0 aliphatic carbocycles. The van der Waals surface area contributed by atoms with E-state index in [0.717, 1.165) is 83.5 Å². The molecule has 0 aromatic heterocycles. The Balaban J connectivity index is 1.55. The number of ether oxygens (including phenoxy) is 5. The second kappa shape index (κ2) is 29.8. The molecule has 2 aliphatic heterocycles. The fraction of sp³-hybridized carbons (Fsp3) is 0.902. The van der Waals surface area contributed by atoms with Gasteiger partial charge in [-0.25, -0.2) is 9.36 Å². The first-order valence-corrected chi connectivity index (χ1v) is 25.2. The van der Waals surface area contributed by atoms with Crippen molar-refractivity contribution in [2.75, 3.05) is 67.3 Å². The zero-order chi connectivity index (χ0) is 45.2.